The molecule has 5 nitrogen and oxygen atoms in total. The third-order valence-electron chi connectivity index (χ3n) is 6.53. The second-order valence-electron chi connectivity index (χ2n) is 10.0. The quantitative estimate of drug-likeness (QED) is 0.372. The van der Waals surface area contributed by atoms with Crippen molar-refractivity contribution >= 4 is 26.1 Å². The summed E-state index contributed by atoms with van der Waals surface area (Å²) in [5.41, 5.74) is 2.14. The molecular weight excluding hydrogens is 384 g/mol. The van der Waals surface area contributed by atoms with Crippen LogP contribution in [0.4, 0.5) is 0 Å². The Balaban J connectivity index is 1.82. The molecule has 0 spiro atoms. The maximum absolute atomic E-state index is 12.5. The lowest BCUT2D eigenvalue weighted by molar-refractivity contribution is -0.146. The van der Waals surface area contributed by atoms with Crippen molar-refractivity contribution in [1.29, 1.82) is 0 Å². The number of carbonyl (C=O) groups excluding carboxylic acids is 2. The van der Waals surface area contributed by atoms with E-state index in [9.17, 15) is 9.59 Å². The van der Waals surface area contributed by atoms with Crippen molar-refractivity contribution in [2.75, 3.05) is 0 Å². The number of hydrogen-bond donors (Lipinski definition) is 0. The van der Waals surface area contributed by atoms with Crippen molar-refractivity contribution in [3.63, 3.8) is 0 Å². The first-order valence-electron chi connectivity index (χ1n) is 10.6. The number of carbonyl (C=O) groups is 2. The van der Waals surface area contributed by atoms with Crippen LogP contribution >= 0.6 is 0 Å². The van der Waals surface area contributed by atoms with Gasteiger partial charge in [0.15, 0.2) is 8.32 Å². The number of esters is 1. The monoisotopic (exact) mass is 418 g/mol. The van der Waals surface area contributed by atoms with Gasteiger partial charge in [0.25, 0.3) is 0 Å². The maximum atomic E-state index is 12.5. The van der Waals surface area contributed by atoms with Crippen LogP contribution in [0.5, 0.6) is 0 Å². The lowest BCUT2D eigenvalue weighted by atomic mass is 9.93. The van der Waals surface area contributed by atoms with E-state index in [0.29, 0.717) is 38.7 Å². The predicted octanol–water partition coefficient (Wildman–Crippen LogP) is 5.43. The van der Waals surface area contributed by atoms with Gasteiger partial charge >= 0.3 is 5.97 Å². The molecule has 3 heterocycles. The van der Waals surface area contributed by atoms with Crippen LogP contribution in [-0.2, 0) is 31.8 Å². The van der Waals surface area contributed by atoms with Crippen LogP contribution < -0.4 is 0 Å². The number of ketones is 1. The average molecular weight is 419 g/mol. The molecule has 6 heteroatoms. The topological polar surface area (TPSA) is 65.7 Å². The zero-order chi connectivity index (χ0) is 21.4. The fourth-order valence-corrected chi connectivity index (χ4v) is 4.62. The molecule has 29 heavy (non-hydrogen) atoms. The molecule has 3 rings (SSSR count). The first-order chi connectivity index (χ1) is 13.5. The van der Waals surface area contributed by atoms with Crippen LogP contribution in [0.25, 0.3) is 6.08 Å². The van der Waals surface area contributed by atoms with Crippen molar-refractivity contribution in [3.8, 4) is 0 Å². The molecule has 1 aromatic heterocycles. The highest BCUT2D eigenvalue weighted by Crippen LogP contribution is 2.37. The molecule has 1 saturated heterocycles. The summed E-state index contributed by atoms with van der Waals surface area (Å²) in [7, 11) is -1.87. The molecule has 0 N–H and O–H groups in total. The molecule has 4 bridgehead atoms. The Kier molecular flexibility index (Phi) is 6.25. The van der Waals surface area contributed by atoms with Crippen LogP contribution in [0.3, 0.4) is 0 Å². The molecule has 0 amide bonds. The Morgan fingerprint density at radius 1 is 1.21 bits per heavy atom. The summed E-state index contributed by atoms with van der Waals surface area (Å²) in [4.78, 5) is 24.6. The van der Waals surface area contributed by atoms with Crippen LogP contribution in [0, 0.1) is 5.92 Å². The van der Waals surface area contributed by atoms with Gasteiger partial charge in [0, 0.05) is 31.2 Å². The number of fused-ring (bicyclic) bond motifs is 4. The first-order valence-corrected chi connectivity index (χ1v) is 13.5. The van der Waals surface area contributed by atoms with E-state index in [4.69, 9.17) is 13.6 Å². The predicted molar refractivity (Wildman–Crippen MR) is 115 cm³/mol. The summed E-state index contributed by atoms with van der Waals surface area (Å²) in [6, 6.07) is 2.06. The first kappa shape index (κ1) is 22.0. The van der Waals surface area contributed by atoms with Gasteiger partial charge in [-0.2, -0.15) is 0 Å². The number of Topliss-reactive ketones (excluding diaryl/α,β-unsaturated/α-hetero) is 1. The summed E-state index contributed by atoms with van der Waals surface area (Å²) < 4.78 is 18.0. The SMILES string of the molecule is C/C1=C\c2cc(CO[Si](C)(C)C(C)(C)C)c(o2)CCCC(=O)C2CC(C1)OC2=O. The molecule has 0 aromatic carbocycles. The minimum Gasteiger partial charge on any atom is -0.461 e. The van der Waals surface area contributed by atoms with Crippen molar-refractivity contribution < 1.29 is 23.2 Å². The molecule has 1 aromatic rings. The van der Waals surface area contributed by atoms with E-state index in [2.05, 4.69) is 39.9 Å². The highest BCUT2D eigenvalue weighted by atomic mass is 28.4. The number of hydrogen-bond acceptors (Lipinski definition) is 5. The van der Waals surface area contributed by atoms with Gasteiger partial charge in [-0.25, -0.2) is 0 Å². The van der Waals surface area contributed by atoms with Crippen LogP contribution in [-0.4, -0.2) is 26.2 Å². The molecule has 2 unspecified atom stereocenters. The molecule has 2 aliphatic rings. The summed E-state index contributed by atoms with van der Waals surface area (Å²) in [6.07, 6.45) is 4.62. The second kappa shape index (κ2) is 8.23. The minimum absolute atomic E-state index is 0.00997. The summed E-state index contributed by atoms with van der Waals surface area (Å²) >= 11 is 0. The van der Waals surface area contributed by atoms with Gasteiger partial charge in [0.2, 0.25) is 0 Å². The Morgan fingerprint density at radius 2 is 1.93 bits per heavy atom. The molecule has 0 saturated carbocycles. The Labute approximate surface area is 175 Å². The van der Waals surface area contributed by atoms with E-state index < -0.39 is 14.2 Å². The van der Waals surface area contributed by atoms with Crippen LogP contribution in [0.2, 0.25) is 18.1 Å². The summed E-state index contributed by atoms with van der Waals surface area (Å²) in [6.45, 7) is 13.7. The Morgan fingerprint density at radius 3 is 2.62 bits per heavy atom. The van der Waals surface area contributed by atoms with Crippen molar-refractivity contribution in [3.05, 3.63) is 28.7 Å². The molecule has 2 atom stereocenters. The number of rotatable bonds is 3. The van der Waals surface area contributed by atoms with E-state index >= 15 is 0 Å². The lowest BCUT2D eigenvalue weighted by Crippen LogP contribution is -2.40. The highest BCUT2D eigenvalue weighted by molar-refractivity contribution is 6.74. The van der Waals surface area contributed by atoms with Gasteiger partial charge in [0.1, 0.15) is 29.3 Å². The van der Waals surface area contributed by atoms with E-state index in [1.54, 1.807) is 0 Å². The fourth-order valence-electron chi connectivity index (χ4n) is 3.67. The van der Waals surface area contributed by atoms with E-state index in [0.717, 1.165) is 22.7 Å². The fraction of sp³-hybridized carbons (Fsp3) is 0.652. The smallest absolute Gasteiger partial charge is 0.316 e. The standard InChI is InChI=1S/C23H34O5Si/c1-15-10-17-12-16(14-26-29(5,6)23(2,3)4)21(27-17)9-7-8-20(24)19-13-18(11-15)28-22(19)25/h10,12,18-19H,7-9,11,13-14H2,1-6H3/b15-10+. The van der Waals surface area contributed by atoms with Crippen molar-refractivity contribution in [1.82, 2.24) is 0 Å². The van der Waals surface area contributed by atoms with E-state index in [-0.39, 0.29) is 22.9 Å². The van der Waals surface area contributed by atoms with Gasteiger partial charge < -0.3 is 13.6 Å². The van der Waals surface area contributed by atoms with Gasteiger partial charge in [0.05, 0.1) is 6.61 Å². The van der Waals surface area contributed by atoms with Gasteiger partial charge in [-0.15, -0.1) is 0 Å². The number of furan rings is 1. The molecule has 0 aliphatic carbocycles. The van der Waals surface area contributed by atoms with Crippen LogP contribution in [0.15, 0.2) is 16.1 Å². The molecule has 1 fully saturated rings. The van der Waals surface area contributed by atoms with E-state index in [1.165, 1.54) is 0 Å². The molecule has 2 aliphatic heterocycles. The van der Waals surface area contributed by atoms with Gasteiger partial charge in [-0.05, 0) is 43.6 Å². The third kappa shape index (κ3) is 5.09. The lowest BCUT2D eigenvalue weighted by Gasteiger charge is -2.36. The van der Waals surface area contributed by atoms with E-state index in [1.807, 2.05) is 13.0 Å². The zero-order valence-electron chi connectivity index (χ0n) is 18.6. The van der Waals surface area contributed by atoms with Crippen molar-refractivity contribution in [2.24, 2.45) is 5.92 Å². The Hall–Kier alpha value is -1.66. The normalized spacial score (nSPS) is 25.5. The highest BCUT2D eigenvalue weighted by Gasteiger charge is 2.39. The number of ether oxygens (including phenoxy) is 1. The van der Waals surface area contributed by atoms with Gasteiger partial charge in [-0.3, -0.25) is 9.59 Å². The summed E-state index contributed by atoms with van der Waals surface area (Å²) in [5, 5.41) is 0.144. The van der Waals surface area contributed by atoms with Crippen LogP contribution in [0.1, 0.15) is 70.5 Å². The average Bonchev–Trinajstić information content (AvgIpc) is 3.14. The maximum Gasteiger partial charge on any atom is 0.316 e. The second-order valence-corrected chi connectivity index (χ2v) is 14.8. The molecule has 160 valence electrons. The third-order valence-corrected chi connectivity index (χ3v) is 11.0. The number of aryl methyl sites for hydroxylation is 1. The summed E-state index contributed by atoms with van der Waals surface area (Å²) in [5.74, 6) is 0.733. The Bertz CT molecular complexity index is 812. The zero-order valence-corrected chi connectivity index (χ0v) is 19.6. The molecular formula is C23H34O5Si. The largest absolute Gasteiger partial charge is 0.461 e. The minimum atomic E-state index is -1.87. The van der Waals surface area contributed by atoms with Gasteiger partial charge in [-0.1, -0.05) is 26.3 Å². The molecule has 0 radical (unpaired) electrons. The van der Waals surface area contributed by atoms with Crippen molar-refractivity contribution in [2.45, 2.75) is 90.6 Å².